The van der Waals surface area contributed by atoms with Crippen molar-refractivity contribution in [1.29, 1.82) is 0 Å². The van der Waals surface area contributed by atoms with Gasteiger partial charge in [0.05, 0.1) is 27.7 Å². The van der Waals surface area contributed by atoms with E-state index in [9.17, 15) is 19.0 Å². The summed E-state index contributed by atoms with van der Waals surface area (Å²) in [7, 11) is 1.16. The smallest absolute Gasteiger partial charge is 0.306 e. The van der Waals surface area contributed by atoms with Crippen molar-refractivity contribution in [3.8, 4) is 0 Å². The summed E-state index contributed by atoms with van der Waals surface area (Å²) < 4.78 is 33.8. The van der Waals surface area contributed by atoms with Crippen LogP contribution < -0.4 is 4.89 Å². The first-order valence-corrected chi connectivity index (χ1v) is 24.2. The Labute approximate surface area is 344 Å². The third kappa shape index (κ3) is 41.9. The largest absolute Gasteiger partial charge is 0.756 e. The number of quaternary nitrogens is 1. The van der Waals surface area contributed by atoms with Crippen molar-refractivity contribution in [2.24, 2.45) is 0 Å². The molecule has 0 rings (SSSR count). The standard InChI is InChI=1S/C46H86NO8P/c1-6-8-10-12-14-15-16-17-18-19-20-21-22-23-24-25-26-27-28-29-30-31-33-35-37-39-46(49)55-44(43-54-56(50,51)53-41-40-47(3,4)5)42-52-45(48)38-36-34-32-13-11-9-7-2/h16-17,19-20,22-23,44H,6-15,18,21,24-43H2,1-5H3/b17-16-,20-19-,23-22-. The molecule has 0 aliphatic carbocycles. The van der Waals surface area contributed by atoms with Crippen molar-refractivity contribution in [3.63, 3.8) is 0 Å². The highest BCUT2D eigenvalue weighted by atomic mass is 31.2. The molecule has 56 heavy (non-hydrogen) atoms. The lowest BCUT2D eigenvalue weighted by Crippen LogP contribution is -2.37. The number of rotatable bonds is 41. The maximum absolute atomic E-state index is 12.6. The average Bonchev–Trinajstić information content (AvgIpc) is 3.15. The molecular formula is C46H86NO8P. The van der Waals surface area contributed by atoms with Crippen LogP contribution in [0.2, 0.25) is 0 Å². The molecule has 0 saturated carbocycles. The van der Waals surface area contributed by atoms with Crippen molar-refractivity contribution in [3.05, 3.63) is 36.5 Å². The number of nitrogens with zero attached hydrogens (tertiary/aromatic N) is 1. The predicted molar refractivity (Wildman–Crippen MR) is 231 cm³/mol. The second-order valence-electron chi connectivity index (χ2n) is 16.4. The molecule has 0 saturated heterocycles. The van der Waals surface area contributed by atoms with Crippen molar-refractivity contribution in [1.82, 2.24) is 0 Å². The van der Waals surface area contributed by atoms with Gasteiger partial charge in [-0.1, -0.05) is 166 Å². The van der Waals surface area contributed by atoms with Gasteiger partial charge in [0.15, 0.2) is 6.10 Å². The summed E-state index contributed by atoms with van der Waals surface area (Å²) in [6.07, 6.45) is 43.4. The zero-order valence-corrected chi connectivity index (χ0v) is 37.7. The summed E-state index contributed by atoms with van der Waals surface area (Å²) in [6.45, 7) is 4.16. The van der Waals surface area contributed by atoms with E-state index in [1.54, 1.807) is 0 Å². The molecule has 0 aromatic carbocycles. The highest BCUT2D eigenvalue weighted by Gasteiger charge is 2.21. The van der Waals surface area contributed by atoms with E-state index >= 15 is 0 Å². The van der Waals surface area contributed by atoms with Gasteiger partial charge in [-0.15, -0.1) is 0 Å². The lowest BCUT2D eigenvalue weighted by atomic mass is 10.0. The molecule has 0 radical (unpaired) electrons. The SMILES string of the molecule is CCCCCCC/C=C\C/C=C\C/C=C\CCCCCCCCCCCCC(=O)OC(COC(=O)CCCCCCCCC)COP(=O)([O-])OCC[N+](C)(C)C. The van der Waals surface area contributed by atoms with E-state index in [2.05, 4.69) is 50.3 Å². The molecule has 2 unspecified atom stereocenters. The summed E-state index contributed by atoms with van der Waals surface area (Å²) in [5.41, 5.74) is 0. The molecule has 0 aromatic rings. The van der Waals surface area contributed by atoms with Crippen LogP contribution in [0.15, 0.2) is 36.5 Å². The van der Waals surface area contributed by atoms with E-state index < -0.39 is 32.5 Å². The van der Waals surface area contributed by atoms with E-state index in [1.807, 2.05) is 21.1 Å². The fourth-order valence-electron chi connectivity index (χ4n) is 6.07. The molecule has 0 aliphatic heterocycles. The molecule has 9 nitrogen and oxygen atoms in total. The van der Waals surface area contributed by atoms with Crippen LogP contribution in [0.1, 0.15) is 194 Å². The van der Waals surface area contributed by atoms with E-state index in [-0.39, 0.29) is 26.1 Å². The molecule has 2 atom stereocenters. The number of allylic oxidation sites excluding steroid dienone is 6. The number of unbranched alkanes of at least 4 members (excludes halogenated alkanes) is 21. The van der Waals surface area contributed by atoms with Gasteiger partial charge in [0, 0.05) is 12.8 Å². The summed E-state index contributed by atoms with van der Waals surface area (Å²) in [5.74, 6) is -0.844. The van der Waals surface area contributed by atoms with Crippen molar-refractivity contribution < 1.29 is 42.1 Å². The first-order valence-electron chi connectivity index (χ1n) is 22.7. The number of phosphoric ester groups is 1. The molecular weight excluding hydrogens is 725 g/mol. The monoisotopic (exact) mass is 812 g/mol. The summed E-state index contributed by atoms with van der Waals surface area (Å²) in [5, 5.41) is 0. The molecule has 0 N–H and O–H groups in total. The number of esters is 2. The van der Waals surface area contributed by atoms with Gasteiger partial charge in [0.25, 0.3) is 7.82 Å². The van der Waals surface area contributed by atoms with Gasteiger partial charge in [0.1, 0.15) is 19.8 Å². The number of hydrogen-bond donors (Lipinski definition) is 0. The van der Waals surface area contributed by atoms with Crippen LogP contribution in [0.3, 0.4) is 0 Å². The van der Waals surface area contributed by atoms with Crippen LogP contribution in [0.4, 0.5) is 0 Å². The minimum absolute atomic E-state index is 0.0312. The highest BCUT2D eigenvalue weighted by molar-refractivity contribution is 7.45. The van der Waals surface area contributed by atoms with Crippen LogP contribution in [0.25, 0.3) is 0 Å². The molecule has 328 valence electrons. The third-order valence-corrected chi connectivity index (χ3v) is 10.6. The van der Waals surface area contributed by atoms with Gasteiger partial charge in [-0.25, -0.2) is 0 Å². The van der Waals surface area contributed by atoms with Crippen LogP contribution in [-0.4, -0.2) is 70.0 Å². The Hall–Kier alpha value is -1.77. The maximum Gasteiger partial charge on any atom is 0.306 e. The Bertz CT molecular complexity index is 1050. The normalized spacial score (nSPS) is 13.9. The summed E-state index contributed by atoms with van der Waals surface area (Å²) in [6, 6.07) is 0. The molecule has 0 fully saturated rings. The maximum atomic E-state index is 12.6. The number of ether oxygens (including phenoxy) is 2. The minimum atomic E-state index is -4.62. The van der Waals surface area contributed by atoms with Gasteiger partial charge in [-0.3, -0.25) is 14.2 Å². The number of phosphoric acid groups is 1. The van der Waals surface area contributed by atoms with E-state index in [4.69, 9.17) is 18.5 Å². The number of carbonyl (C=O) groups is 2. The first kappa shape index (κ1) is 54.2. The molecule has 0 aliphatic rings. The van der Waals surface area contributed by atoms with Crippen molar-refractivity contribution in [2.75, 3.05) is 47.5 Å². The van der Waals surface area contributed by atoms with Crippen LogP contribution in [0.5, 0.6) is 0 Å². The first-order chi connectivity index (χ1) is 27.0. The fourth-order valence-corrected chi connectivity index (χ4v) is 6.80. The molecule has 0 aromatic heterocycles. The van der Waals surface area contributed by atoms with Gasteiger partial charge in [-0.05, 0) is 51.4 Å². The van der Waals surface area contributed by atoms with Gasteiger partial charge >= 0.3 is 11.9 Å². The van der Waals surface area contributed by atoms with Gasteiger partial charge < -0.3 is 27.9 Å². The Kier molecular flexibility index (Phi) is 37.5. The molecule has 0 amide bonds. The topological polar surface area (TPSA) is 111 Å². The van der Waals surface area contributed by atoms with Crippen LogP contribution in [-0.2, 0) is 32.7 Å². The average molecular weight is 812 g/mol. The summed E-state index contributed by atoms with van der Waals surface area (Å²) in [4.78, 5) is 37.3. The zero-order valence-electron chi connectivity index (χ0n) is 36.8. The van der Waals surface area contributed by atoms with E-state index in [1.165, 1.54) is 103 Å². The molecule has 0 heterocycles. The Morgan fingerprint density at radius 1 is 0.554 bits per heavy atom. The van der Waals surface area contributed by atoms with Crippen LogP contribution >= 0.6 is 7.82 Å². The number of carbonyl (C=O) groups excluding carboxylic acids is 2. The Morgan fingerprint density at radius 2 is 0.964 bits per heavy atom. The second kappa shape index (κ2) is 38.7. The lowest BCUT2D eigenvalue weighted by Gasteiger charge is -2.28. The molecule has 0 bridgehead atoms. The minimum Gasteiger partial charge on any atom is -0.756 e. The van der Waals surface area contributed by atoms with Crippen LogP contribution in [0, 0.1) is 0 Å². The van der Waals surface area contributed by atoms with Gasteiger partial charge in [0.2, 0.25) is 0 Å². The summed E-state index contributed by atoms with van der Waals surface area (Å²) >= 11 is 0. The fraction of sp³-hybridized carbons (Fsp3) is 0.826. The molecule has 10 heteroatoms. The van der Waals surface area contributed by atoms with Gasteiger partial charge in [-0.2, -0.15) is 0 Å². The lowest BCUT2D eigenvalue weighted by molar-refractivity contribution is -0.870. The highest BCUT2D eigenvalue weighted by Crippen LogP contribution is 2.38. The zero-order chi connectivity index (χ0) is 41.4. The van der Waals surface area contributed by atoms with E-state index in [0.29, 0.717) is 17.4 Å². The number of hydrogen-bond acceptors (Lipinski definition) is 8. The van der Waals surface area contributed by atoms with Crippen molar-refractivity contribution >= 4 is 19.8 Å². The third-order valence-electron chi connectivity index (χ3n) is 9.66. The number of likely N-dealkylation sites (N-methyl/N-ethyl adjacent to an activating group) is 1. The van der Waals surface area contributed by atoms with E-state index in [0.717, 1.165) is 57.8 Å². The van der Waals surface area contributed by atoms with Crippen molar-refractivity contribution in [2.45, 2.75) is 200 Å². The Balaban J connectivity index is 4.14. The predicted octanol–water partition coefficient (Wildman–Crippen LogP) is 12.3. The molecule has 0 spiro atoms. The quantitative estimate of drug-likeness (QED) is 0.0197. The Morgan fingerprint density at radius 3 is 1.43 bits per heavy atom. The second-order valence-corrected chi connectivity index (χ2v) is 17.8.